The Bertz CT molecular complexity index is 1010. The molecule has 2 aliphatic rings. The van der Waals surface area contributed by atoms with Gasteiger partial charge in [0.2, 0.25) is 0 Å². The number of anilines is 1. The first kappa shape index (κ1) is 20.8. The number of nitrogens with zero attached hydrogens (tertiary/aromatic N) is 2. The van der Waals surface area contributed by atoms with Crippen LogP contribution in [0.4, 0.5) is 5.69 Å². The Labute approximate surface area is 185 Å². The van der Waals surface area contributed by atoms with Crippen LogP contribution in [0.3, 0.4) is 0 Å². The monoisotopic (exact) mass is 442 g/mol. The first-order valence-electron chi connectivity index (χ1n) is 9.95. The highest BCUT2D eigenvalue weighted by molar-refractivity contribution is 8.04. The molecule has 2 aromatic carbocycles. The minimum atomic E-state index is -0.341. The topological polar surface area (TPSA) is 49.9 Å². The summed E-state index contributed by atoms with van der Waals surface area (Å²) in [5.74, 6) is -0.232. The van der Waals surface area contributed by atoms with Gasteiger partial charge in [-0.05, 0) is 56.5 Å². The maximum Gasteiger partial charge on any atom is 0.283 e. The summed E-state index contributed by atoms with van der Waals surface area (Å²) in [4.78, 5) is 31.7. The molecule has 0 aliphatic carbocycles. The summed E-state index contributed by atoms with van der Waals surface area (Å²) in [7, 11) is 1.51. The molecule has 0 radical (unpaired) electrons. The van der Waals surface area contributed by atoms with E-state index in [4.69, 9.17) is 16.3 Å². The van der Waals surface area contributed by atoms with Gasteiger partial charge >= 0.3 is 0 Å². The number of carbonyl (C=O) groups excluding carboxylic acids is 2. The Morgan fingerprint density at radius 3 is 2.33 bits per heavy atom. The number of imide groups is 1. The molecule has 2 heterocycles. The molecule has 0 bridgehead atoms. The van der Waals surface area contributed by atoms with Crippen molar-refractivity contribution in [1.82, 2.24) is 4.90 Å². The number of benzene rings is 2. The van der Waals surface area contributed by atoms with E-state index in [0.717, 1.165) is 42.8 Å². The predicted molar refractivity (Wildman–Crippen MR) is 120 cm³/mol. The number of carbonyl (C=O) groups is 2. The van der Waals surface area contributed by atoms with Crippen molar-refractivity contribution in [3.8, 4) is 5.75 Å². The van der Waals surface area contributed by atoms with E-state index in [1.165, 1.54) is 23.8 Å². The highest BCUT2D eigenvalue weighted by Gasteiger charge is 2.43. The van der Waals surface area contributed by atoms with Gasteiger partial charge in [-0.3, -0.25) is 9.59 Å². The number of methoxy groups -OCH3 is 1. The Kier molecular flexibility index (Phi) is 6.06. The van der Waals surface area contributed by atoms with Crippen molar-refractivity contribution in [1.29, 1.82) is 0 Å². The maximum atomic E-state index is 13.5. The smallest absolute Gasteiger partial charge is 0.283 e. The van der Waals surface area contributed by atoms with Gasteiger partial charge in [0.05, 0.1) is 12.8 Å². The molecular formula is C23H23ClN2O3S. The second-order valence-corrected chi connectivity index (χ2v) is 8.92. The van der Waals surface area contributed by atoms with Crippen molar-refractivity contribution >= 4 is 40.9 Å². The summed E-state index contributed by atoms with van der Waals surface area (Å²) in [6.07, 6.45) is 3.15. The molecular weight excluding hydrogens is 420 g/mol. The van der Waals surface area contributed by atoms with Gasteiger partial charge in [0.15, 0.2) is 0 Å². The first-order valence-corrected chi connectivity index (χ1v) is 11.1. The summed E-state index contributed by atoms with van der Waals surface area (Å²) in [6, 6.07) is 12.9. The van der Waals surface area contributed by atoms with E-state index in [9.17, 15) is 9.59 Å². The molecule has 156 valence electrons. The molecule has 0 atom stereocenters. The summed E-state index contributed by atoms with van der Waals surface area (Å²) in [5.41, 5.74) is 1.99. The number of halogens is 1. The molecule has 0 N–H and O–H groups in total. The Hall–Kier alpha value is -2.44. The van der Waals surface area contributed by atoms with Crippen molar-refractivity contribution < 1.29 is 14.3 Å². The standard InChI is InChI=1S/C23H23ClN2O3S/c1-15-6-9-17(10-7-15)30-21-20(25-12-4-3-5-13-25)22(27)26(23(21)28)18-14-16(24)8-11-19(18)29-2/h6-11,14H,3-5,12-13H2,1-2H3. The zero-order valence-corrected chi connectivity index (χ0v) is 18.6. The third-order valence-corrected chi connectivity index (χ3v) is 6.63. The van der Waals surface area contributed by atoms with Crippen molar-refractivity contribution in [3.05, 3.63) is 63.7 Å². The molecule has 30 heavy (non-hydrogen) atoms. The fourth-order valence-electron chi connectivity index (χ4n) is 3.77. The van der Waals surface area contributed by atoms with Crippen LogP contribution in [0.15, 0.2) is 58.0 Å². The zero-order valence-electron chi connectivity index (χ0n) is 17.0. The lowest BCUT2D eigenvalue weighted by Gasteiger charge is -2.29. The van der Waals surface area contributed by atoms with Gasteiger partial charge in [0.1, 0.15) is 16.4 Å². The zero-order chi connectivity index (χ0) is 21.3. The van der Waals surface area contributed by atoms with Crippen LogP contribution < -0.4 is 9.64 Å². The number of piperidine rings is 1. The van der Waals surface area contributed by atoms with E-state index < -0.39 is 0 Å². The number of hydrogen-bond acceptors (Lipinski definition) is 5. The first-order chi connectivity index (χ1) is 14.5. The lowest BCUT2D eigenvalue weighted by molar-refractivity contribution is -0.121. The van der Waals surface area contributed by atoms with Crippen molar-refractivity contribution in [2.24, 2.45) is 0 Å². The summed E-state index contributed by atoms with van der Waals surface area (Å²) >= 11 is 7.52. The Balaban J connectivity index is 1.77. The number of ether oxygens (including phenoxy) is 1. The molecule has 2 amide bonds. The molecule has 0 spiro atoms. The van der Waals surface area contributed by atoms with E-state index in [0.29, 0.717) is 27.1 Å². The van der Waals surface area contributed by atoms with Crippen LogP contribution in [-0.2, 0) is 9.59 Å². The van der Waals surface area contributed by atoms with Crippen molar-refractivity contribution in [3.63, 3.8) is 0 Å². The van der Waals surface area contributed by atoms with Crippen LogP contribution in [0.5, 0.6) is 5.75 Å². The van der Waals surface area contributed by atoms with Gasteiger partial charge in [-0.15, -0.1) is 0 Å². The van der Waals surface area contributed by atoms with Gasteiger partial charge < -0.3 is 9.64 Å². The minimum Gasteiger partial charge on any atom is -0.495 e. The number of rotatable bonds is 5. The SMILES string of the molecule is COc1ccc(Cl)cc1N1C(=O)C(Sc2ccc(C)cc2)=C(N2CCCCC2)C1=O. The van der Waals surface area contributed by atoms with Gasteiger partial charge in [-0.25, -0.2) is 4.90 Å². The van der Waals surface area contributed by atoms with Crippen molar-refractivity contribution in [2.75, 3.05) is 25.1 Å². The van der Waals surface area contributed by atoms with E-state index >= 15 is 0 Å². The maximum absolute atomic E-state index is 13.5. The molecule has 0 aromatic heterocycles. The lowest BCUT2D eigenvalue weighted by atomic mass is 10.1. The van der Waals surface area contributed by atoms with E-state index in [1.807, 2.05) is 31.2 Å². The highest BCUT2D eigenvalue weighted by Crippen LogP contribution is 2.42. The fraction of sp³-hybridized carbons (Fsp3) is 0.304. The van der Waals surface area contributed by atoms with Crippen LogP contribution in [0.2, 0.25) is 5.02 Å². The summed E-state index contributed by atoms with van der Waals surface area (Å²) < 4.78 is 5.41. The fourth-order valence-corrected chi connectivity index (χ4v) is 4.93. The molecule has 0 saturated carbocycles. The third kappa shape index (κ3) is 3.94. The average molecular weight is 443 g/mol. The van der Waals surface area contributed by atoms with Gasteiger partial charge in [0, 0.05) is 23.0 Å². The molecule has 1 saturated heterocycles. The van der Waals surface area contributed by atoms with Crippen LogP contribution in [0.1, 0.15) is 24.8 Å². The van der Waals surface area contributed by atoms with Crippen LogP contribution in [0.25, 0.3) is 0 Å². The van der Waals surface area contributed by atoms with Gasteiger partial charge in [0.25, 0.3) is 11.8 Å². The molecule has 5 nitrogen and oxygen atoms in total. The largest absolute Gasteiger partial charge is 0.495 e. The van der Waals surface area contributed by atoms with Crippen LogP contribution >= 0.6 is 23.4 Å². The predicted octanol–water partition coefficient (Wildman–Crippen LogP) is 5.02. The van der Waals surface area contributed by atoms with Gasteiger partial charge in [-0.1, -0.05) is 41.1 Å². The summed E-state index contributed by atoms with van der Waals surface area (Å²) in [5, 5.41) is 0.436. The lowest BCUT2D eigenvalue weighted by Crippen LogP contribution is -2.37. The second-order valence-electron chi connectivity index (χ2n) is 7.40. The molecule has 1 fully saturated rings. The van der Waals surface area contributed by atoms with E-state index in [1.54, 1.807) is 18.2 Å². The molecule has 7 heteroatoms. The number of hydrogen-bond donors (Lipinski definition) is 0. The normalized spacial score (nSPS) is 17.2. The molecule has 2 aromatic rings. The highest BCUT2D eigenvalue weighted by atomic mass is 35.5. The quantitative estimate of drug-likeness (QED) is 0.608. The van der Waals surface area contributed by atoms with Gasteiger partial charge in [-0.2, -0.15) is 0 Å². The molecule has 2 aliphatic heterocycles. The van der Waals surface area contributed by atoms with Crippen LogP contribution in [-0.4, -0.2) is 36.9 Å². The summed E-state index contributed by atoms with van der Waals surface area (Å²) in [6.45, 7) is 3.56. The number of likely N-dealkylation sites (tertiary alicyclic amines) is 1. The number of aryl methyl sites for hydroxylation is 1. The number of amides is 2. The van der Waals surface area contributed by atoms with E-state index in [-0.39, 0.29) is 11.8 Å². The Morgan fingerprint density at radius 2 is 1.67 bits per heavy atom. The second kappa shape index (κ2) is 8.74. The minimum absolute atomic E-state index is 0.322. The Morgan fingerprint density at radius 1 is 0.967 bits per heavy atom. The average Bonchev–Trinajstić information content (AvgIpc) is 2.99. The van der Waals surface area contributed by atoms with Crippen LogP contribution in [0, 0.1) is 6.92 Å². The van der Waals surface area contributed by atoms with E-state index in [2.05, 4.69) is 4.90 Å². The van der Waals surface area contributed by atoms with Crippen molar-refractivity contribution in [2.45, 2.75) is 31.1 Å². The third-order valence-electron chi connectivity index (χ3n) is 5.31. The molecule has 0 unspecified atom stereocenters. The number of thioether (sulfide) groups is 1. The molecule has 4 rings (SSSR count).